The van der Waals surface area contributed by atoms with Crippen LogP contribution in [0, 0.1) is 0 Å². The highest BCUT2D eigenvalue weighted by molar-refractivity contribution is 6.08. The highest BCUT2D eigenvalue weighted by Gasteiger charge is 2.30. The number of aliphatic hydroxyl groups is 1. The average Bonchev–Trinajstić information content (AvgIpc) is 2.89. The molecule has 1 amide bonds. The van der Waals surface area contributed by atoms with Crippen LogP contribution in [0.15, 0.2) is 12.1 Å². The number of rotatable bonds is 2. The van der Waals surface area contributed by atoms with Gasteiger partial charge in [-0.15, -0.1) is 0 Å². The van der Waals surface area contributed by atoms with Crippen molar-refractivity contribution in [1.29, 1.82) is 0 Å². The van der Waals surface area contributed by atoms with Gasteiger partial charge < -0.3 is 19.5 Å². The number of hydrogen-bond donors (Lipinski definition) is 1. The molecule has 0 radical (unpaired) electrons. The lowest BCUT2D eigenvalue weighted by molar-refractivity contribution is 0.0749. The molecule has 0 bridgehead atoms. The van der Waals surface area contributed by atoms with Gasteiger partial charge in [0.15, 0.2) is 0 Å². The second-order valence-corrected chi connectivity index (χ2v) is 6.77. The van der Waals surface area contributed by atoms with E-state index in [4.69, 9.17) is 4.98 Å². The van der Waals surface area contributed by atoms with Crippen molar-refractivity contribution in [3.8, 4) is 0 Å². The molecule has 0 unspecified atom stereocenters. The number of amides is 1. The van der Waals surface area contributed by atoms with Gasteiger partial charge >= 0.3 is 0 Å². The summed E-state index contributed by atoms with van der Waals surface area (Å²) in [4.78, 5) is 21.7. The highest BCUT2D eigenvalue weighted by atomic mass is 16.3. The van der Waals surface area contributed by atoms with Gasteiger partial charge in [0.05, 0.1) is 11.7 Å². The molecule has 2 aliphatic heterocycles. The zero-order valence-corrected chi connectivity index (χ0v) is 14.3. The summed E-state index contributed by atoms with van der Waals surface area (Å²) in [5.41, 5.74) is 2.81. The third kappa shape index (κ3) is 2.28. The Morgan fingerprint density at radius 3 is 2.71 bits per heavy atom. The molecule has 4 rings (SSSR count). The Morgan fingerprint density at radius 1 is 1.25 bits per heavy atom. The van der Waals surface area contributed by atoms with Crippen molar-refractivity contribution in [1.82, 2.24) is 14.5 Å². The summed E-state index contributed by atoms with van der Waals surface area (Å²) in [6, 6.07) is 4.05. The minimum absolute atomic E-state index is 0.125. The summed E-state index contributed by atoms with van der Waals surface area (Å²) in [7, 11) is 2.01. The molecule has 2 aromatic heterocycles. The van der Waals surface area contributed by atoms with Crippen molar-refractivity contribution >= 4 is 22.8 Å². The van der Waals surface area contributed by atoms with E-state index in [2.05, 4.69) is 9.47 Å². The van der Waals surface area contributed by atoms with E-state index < -0.39 is 0 Å². The van der Waals surface area contributed by atoms with Crippen molar-refractivity contribution in [2.75, 3.05) is 31.1 Å². The number of fused-ring (bicyclic) bond motifs is 3. The number of likely N-dealkylation sites (N-methyl/N-ethyl adjacent to an activating group) is 1. The van der Waals surface area contributed by atoms with Crippen molar-refractivity contribution in [3.05, 3.63) is 23.4 Å². The first-order chi connectivity index (χ1) is 11.6. The molecule has 1 N–H and O–H groups in total. The second-order valence-electron chi connectivity index (χ2n) is 6.77. The first-order valence-corrected chi connectivity index (χ1v) is 8.80. The Hall–Kier alpha value is -2.08. The molecule has 0 aromatic carbocycles. The maximum atomic E-state index is 12.7. The molecule has 6 heteroatoms. The van der Waals surface area contributed by atoms with Crippen LogP contribution < -0.4 is 4.90 Å². The predicted molar refractivity (Wildman–Crippen MR) is 93.4 cm³/mol. The van der Waals surface area contributed by atoms with Crippen LogP contribution in [0.1, 0.15) is 35.8 Å². The van der Waals surface area contributed by atoms with E-state index in [0.29, 0.717) is 0 Å². The monoisotopic (exact) mass is 328 g/mol. The van der Waals surface area contributed by atoms with E-state index >= 15 is 0 Å². The van der Waals surface area contributed by atoms with Gasteiger partial charge in [-0.3, -0.25) is 4.79 Å². The van der Waals surface area contributed by atoms with Crippen LogP contribution in [-0.2, 0) is 13.5 Å². The Morgan fingerprint density at radius 2 is 2.00 bits per heavy atom. The standard InChI is InChI=1S/C18H24N4O2/c1-3-21-11-8-14-16(18(21)24)13-4-5-15(19-17(13)20(14)2)22-9-6-12(23)7-10-22/h4-5,12,23H,3,6-11H2,1-2H3. The molecule has 1 saturated heterocycles. The molecule has 2 aliphatic rings. The number of carbonyl (C=O) groups excluding carboxylic acids is 1. The number of aromatic nitrogens is 2. The molecule has 0 spiro atoms. The number of hydrogen-bond acceptors (Lipinski definition) is 4. The summed E-state index contributed by atoms with van der Waals surface area (Å²) >= 11 is 0. The summed E-state index contributed by atoms with van der Waals surface area (Å²) in [5.74, 6) is 1.06. The third-order valence-corrected chi connectivity index (χ3v) is 5.43. The largest absolute Gasteiger partial charge is 0.393 e. The quantitative estimate of drug-likeness (QED) is 0.909. The van der Waals surface area contributed by atoms with Crippen molar-refractivity contribution in [2.45, 2.75) is 32.3 Å². The molecule has 0 aliphatic carbocycles. The van der Waals surface area contributed by atoms with Gasteiger partial charge in [-0.05, 0) is 31.9 Å². The maximum Gasteiger partial charge on any atom is 0.256 e. The van der Waals surface area contributed by atoms with E-state index in [1.807, 2.05) is 31.0 Å². The molecular formula is C18H24N4O2. The molecule has 2 aromatic rings. The van der Waals surface area contributed by atoms with Crippen LogP contribution in [0.4, 0.5) is 5.82 Å². The summed E-state index contributed by atoms with van der Waals surface area (Å²) in [6.45, 7) is 5.20. The second kappa shape index (κ2) is 5.77. The number of nitrogens with zero attached hydrogens (tertiary/aromatic N) is 4. The highest BCUT2D eigenvalue weighted by Crippen LogP contribution is 2.31. The number of anilines is 1. The first kappa shape index (κ1) is 15.4. The van der Waals surface area contributed by atoms with Gasteiger partial charge in [-0.1, -0.05) is 0 Å². The van der Waals surface area contributed by atoms with E-state index in [1.165, 1.54) is 0 Å². The molecule has 1 fully saturated rings. The van der Waals surface area contributed by atoms with Gasteiger partial charge in [0.2, 0.25) is 0 Å². The van der Waals surface area contributed by atoms with Crippen LogP contribution in [0.25, 0.3) is 11.0 Å². The maximum absolute atomic E-state index is 12.7. The van der Waals surface area contributed by atoms with Gasteiger partial charge in [0.1, 0.15) is 11.5 Å². The van der Waals surface area contributed by atoms with Crippen molar-refractivity contribution in [3.63, 3.8) is 0 Å². The van der Waals surface area contributed by atoms with Crippen LogP contribution in [0.5, 0.6) is 0 Å². The van der Waals surface area contributed by atoms with Gasteiger partial charge in [-0.25, -0.2) is 4.98 Å². The van der Waals surface area contributed by atoms with E-state index in [0.717, 1.165) is 73.6 Å². The Kier molecular flexibility index (Phi) is 3.72. The molecule has 4 heterocycles. The Bertz CT molecular complexity index is 790. The topological polar surface area (TPSA) is 61.6 Å². The minimum Gasteiger partial charge on any atom is -0.393 e. The fraction of sp³-hybridized carbons (Fsp3) is 0.556. The fourth-order valence-corrected chi connectivity index (χ4v) is 3.94. The lowest BCUT2D eigenvalue weighted by Gasteiger charge is -2.30. The Balaban J connectivity index is 1.76. The van der Waals surface area contributed by atoms with Crippen LogP contribution in [-0.4, -0.2) is 57.7 Å². The van der Waals surface area contributed by atoms with Crippen LogP contribution in [0.3, 0.4) is 0 Å². The molecule has 6 nitrogen and oxygen atoms in total. The molecular weight excluding hydrogens is 304 g/mol. The summed E-state index contributed by atoms with van der Waals surface area (Å²) in [5, 5.41) is 10.6. The number of pyridine rings is 1. The van der Waals surface area contributed by atoms with E-state index in [1.54, 1.807) is 0 Å². The van der Waals surface area contributed by atoms with Gasteiger partial charge in [0.25, 0.3) is 5.91 Å². The molecule has 0 atom stereocenters. The normalized spacial score (nSPS) is 19.2. The van der Waals surface area contributed by atoms with Crippen LogP contribution >= 0.6 is 0 Å². The number of carbonyl (C=O) groups is 1. The van der Waals surface area contributed by atoms with Crippen molar-refractivity contribution in [2.24, 2.45) is 7.05 Å². The predicted octanol–water partition coefficient (Wildman–Crippen LogP) is 1.55. The minimum atomic E-state index is -0.190. The summed E-state index contributed by atoms with van der Waals surface area (Å²) in [6.07, 6.45) is 2.26. The number of aryl methyl sites for hydroxylation is 1. The number of piperidine rings is 1. The zero-order valence-electron chi connectivity index (χ0n) is 14.3. The van der Waals surface area contributed by atoms with E-state index in [-0.39, 0.29) is 12.0 Å². The van der Waals surface area contributed by atoms with Crippen molar-refractivity contribution < 1.29 is 9.90 Å². The molecule has 128 valence electrons. The fourth-order valence-electron chi connectivity index (χ4n) is 3.94. The lowest BCUT2D eigenvalue weighted by Crippen LogP contribution is -2.37. The molecule has 24 heavy (non-hydrogen) atoms. The van der Waals surface area contributed by atoms with E-state index in [9.17, 15) is 9.90 Å². The first-order valence-electron chi connectivity index (χ1n) is 8.80. The summed E-state index contributed by atoms with van der Waals surface area (Å²) < 4.78 is 2.08. The van der Waals surface area contributed by atoms with Gasteiger partial charge in [0, 0.05) is 50.7 Å². The smallest absolute Gasteiger partial charge is 0.256 e. The average molecular weight is 328 g/mol. The Labute approximate surface area is 141 Å². The van der Waals surface area contributed by atoms with Crippen LogP contribution in [0.2, 0.25) is 0 Å². The number of aliphatic hydroxyl groups excluding tert-OH is 1. The third-order valence-electron chi connectivity index (χ3n) is 5.43. The van der Waals surface area contributed by atoms with Gasteiger partial charge in [-0.2, -0.15) is 0 Å². The zero-order chi connectivity index (χ0) is 16.8. The molecule has 0 saturated carbocycles. The SMILES string of the molecule is CCN1CCc2c(c3ccc(N4CCC(O)CC4)nc3n2C)C1=O. The lowest BCUT2D eigenvalue weighted by atomic mass is 10.0.